The maximum atomic E-state index is 6.40. The lowest BCUT2D eigenvalue weighted by molar-refractivity contribution is 0.410. The molecule has 0 amide bonds. The second-order valence-corrected chi connectivity index (χ2v) is 5.67. The van der Waals surface area contributed by atoms with Gasteiger partial charge in [0.05, 0.1) is 7.11 Å². The number of aryl methyl sites for hydroxylation is 2. The highest BCUT2D eigenvalue weighted by atomic mass is 16.5. The van der Waals surface area contributed by atoms with Crippen LogP contribution in [0.2, 0.25) is 0 Å². The average Bonchev–Trinajstić information content (AvgIpc) is 2.84. The molecule has 0 radical (unpaired) electrons. The molecule has 1 aliphatic rings. The van der Waals surface area contributed by atoms with Gasteiger partial charge in [-0.15, -0.1) is 0 Å². The van der Waals surface area contributed by atoms with E-state index in [1.165, 1.54) is 42.4 Å². The minimum Gasteiger partial charge on any atom is -0.496 e. The number of rotatable bonds is 4. The summed E-state index contributed by atoms with van der Waals surface area (Å²) in [6.07, 6.45) is 6.63. The topological polar surface area (TPSA) is 35.2 Å². The van der Waals surface area contributed by atoms with Crippen LogP contribution in [0, 0.1) is 19.8 Å². The average molecular weight is 247 g/mol. The quantitative estimate of drug-likeness (QED) is 0.876. The van der Waals surface area contributed by atoms with Crippen LogP contribution in [0.1, 0.15) is 54.8 Å². The van der Waals surface area contributed by atoms with Gasteiger partial charge < -0.3 is 10.5 Å². The molecule has 1 aliphatic carbocycles. The van der Waals surface area contributed by atoms with E-state index in [0.717, 1.165) is 18.1 Å². The maximum absolute atomic E-state index is 6.40. The van der Waals surface area contributed by atoms with Crippen molar-refractivity contribution < 1.29 is 4.74 Å². The molecule has 0 saturated heterocycles. The molecule has 2 nitrogen and oxygen atoms in total. The molecule has 1 fully saturated rings. The molecule has 0 aromatic heterocycles. The lowest BCUT2D eigenvalue weighted by atomic mass is 9.91. The van der Waals surface area contributed by atoms with Crippen molar-refractivity contribution in [1.82, 2.24) is 0 Å². The third kappa shape index (κ3) is 2.86. The van der Waals surface area contributed by atoms with Crippen LogP contribution in [-0.4, -0.2) is 7.11 Å². The van der Waals surface area contributed by atoms with E-state index in [1.54, 1.807) is 7.11 Å². The maximum Gasteiger partial charge on any atom is 0.122 e. The molecule has 0 bridgehead atoms. The van der Waals surface area contributed by atoms with Crippen LogP contribution in [0.5, 0.6) is 5.75 Å². The Morgan fingerprint density at radius 1 is 1.22 bits per heavy atom. The number of benzene rings is 1. The Kier molecular flexibility index (Phi) is 4.28. The van der Waals surface area contributed by atoms with E-state index >= 15 is 0 Å². The van der Waals surface area contributed by atoms with Crippen LogP contribution in [0.3, 0.4) is 0 Å². The summed E-state index contributed by atoms with van der Waals surface area (Å²) in [6.45, 7) is 4.22. The van der Waals surface area contributed by atoms with Crippen LogP contribution < -0.4 is 10.5 Å². The van der Waals surface area contributed by atoms with Crippen molar-refractivity contribution in [2.24, 2.45) is 11.7 Å². The van der Waals surface area contributed by atoms with Crippen LogP contribution in [0.25, 0.3) is 0 Å². The molecule has 0 spiro atoms. The first-order chi connectivity index (χ1) is 8.61. The molecule has 18 heavy (non-hydrogen) atoms. The van der Waals surface area contributed by atoms with E-state index in [0.29, 0.717) is 0 Å². The van der Waals surface area contributed by atoms with Crippen LogP contribution in [-0.2, 0) is 0 Å². The fourth-order valence-corrected chi connectivity index (χ4v) is 3.16. The van der Waals surface area contributed by atoms with E-state index in [9.17, 15) is 0 Å². The van der Waals surface area contributed by atoms with Crippen LogP contribution in [0.15, 0.2) is 12.1 Å². The number of ether oxygens (including phenoxy) is 1. The van der Waals surface area contributed by atoms with E-state index in [1.807, 2.05) is 0 Å². The van der Waals surface area contributed by atoms with Gasteiger partial charge in [0.15, 0.2) is 0 Å². The highest BCUT2D eigenvalue weighted by molar-refractivity contribution is 5.42. The first-order valence-corrected chi connectivity index (χ1v) is 7.02. The number of hydrogen-bond donors (Lipinski definition) is 1. The first kappa shape index (κ1) is 13.4. The highest BCUT2D eigenvalue weighted by Gasteiger charge is 2.20. The predicted octanol–water partition coefficient (Wildman–Crippen LogP) is 3.89. The lowest BCUT2D eigenvalue weighted by Crippen LogP contribution is -2.15. The zero-order valence-corrected chi connectivity index (χ0v) is 11.8. The molecule has 1 atom stereocenters. The van der Waals surface area contributed by atoms with Crippen LogP contribution in [0.4, 0.5) is 0 Å². The predicted molar refractivity (Wildman–Crippen MR) is 76.0 cm³/mol. The minimum absolute atomic E-state index is 0.178. The molecular formula is C16H25NO. The van der Waals surface area contributed by atoms with Crippen molar-refractivity contribution in [3.8, 4) is 5.75 Å². The third-order valence-corrected chi connectivity index (χ3v) is 4.25. The normalized spacial score (nSPS) is 18.0. The zero-order chi connectivity index (χ0) is 13.1. The Balaban J connectivity index is 2.13. The Bertz CT molecular complexity index is 408. The van der Waals surface area contributed by atoms with Crippen molar-refractivity contribution in [3.05, 3.63) is 28.8 Å². The summed E-state index contributed by atoms with van der Waals surface area (Å²) in [5.74, 6) is 1.80. The molecule has 2 N–H and O–H groups in total. The van der Waals surface area contributed by atoms with Gasteiger partial charge in [-0.1, -0.05) is 31.7 Å². The molecule has 1 unspecified atom stereocenters. The van der Waals surface area contributed by atoms with Gasteiger partial charge in [0.25, 0.3) is 0 Å². The van der Waals surface area contributed by atoms with Crippen LogP contribution >= 0.6 is 0 Å². The SMILES string of the molecule is COc1cc(C)c(C(N)CC2CCCC2)cc1C. The summed E-state index contributed by atoms with van der Waals surface area (Å²) in [7, 11) is 1.72. The van der Waals surface area contributed by atoms with Gasteiger partial charge in [0.1, 0.15) is 5.75 Å². The molecule has 0 aliphatic heterocycles. The smallest absolute Gasteiger partial charge is 0.122 e. The standard InChI is InChI=1S/C16H25NO/c1-11-9-16(18-3)12(2)8-14(11)15(17)10-13-6-4-5-7-13/h8-9,13,15H,4-7,10,17H2,1-3H3. The molecule has 0 heterocycles. The van der Waals surface area contributed by atoms with Crippen molar-refractivity contribution in [2.45, 2.75) is 52.0 Å². The van der Waals surface area contributed by atoms with E-state index in [-0.39, 0.29) is 6.04 Å². The number of hydrogen-bond acceptors (Lipinski definition) is 2. The summed E-state index contributed by atoms with van der Waals surface area (Å²) < 4.78 is 5.35. The summed E-state index contributed by atoms with van der Waals surface area (Å²) in [5.41, 5.74) is 10.1. The second-order valence-electron chi connectivity index (χ2n) is 5.67. The van der Waals surface area contributed by atoms with Gasteiger partial charge in [-0.25, -0.2) is 0 Å². The number of nitrogens with two attached hydrogens (primary N) is 1. The fourth-order valence-electron chi connectivity index (χ4n) is 3.16. The van der Waals surface area contributed by atoms with Gasteiger partial charge in [-0.05, 0) is 48.9 Å². The summed E-state index contributed by atoms with van der Waals surface area (Å²) in [5, 5.41) is 0. The molecule has 1 aromatic carbocycles. The Hall–Kier alpha value is -1.02. The van der Waals surface area contributed by atoms with Crippen molar-refractivity contribution in [1.29, 1.82) is 0 Å². The molecular weight excluding hydrogens is 222 g/mol. The second kappa shape index (κ2) is 5.75. The Labute approximate surface area is 111 Å². The zero-order valence-electron chi connectivity index (χ0n) is 11.8. The summed E-state index contributed by atoms with van der Waals surface area (Å²) in [6, 6.07) is 4.49. The molecule has 2 rings (SSSR count). The highest BCUT2D eigenvalue weighted by Crippen LogP contribution is 2.34. The molecule has 2 heteroatoms. The monoisotopic (exact) mass is 247 g/mol. The fraction of sp³-hybridized carbons (Fsp3) is 0.625. The number of methoxy groups -OCH3 is 1. The van der Waals surface area contributed by atoms with Gasteiger partial charge in [-0.2, -0.15) is 0 Å². The van der Waals surface area contributed by atoms with Crippen molar-refractivity contribution in [3.63, 3.8) is 0 Å². The van der Waals surface area contributed by atoms with E-state index < -0.39 is 0 Å². The van der Waals surface area contributed by atoms with Crippen molar-refractivity contribution >= 4 is 0 Å². The van der Waals surface area contributed by atoms with Crippen molar-refractivity contribution in [2.75, 3.05) is 7.11 Å². The van der Waals surface area contributed by atoms with Gasteiger partial charge in [-0.3, -0.25) is 0 Å². The third-order valence-electron chi connectivity index (χ3n) is 4.25. The summed E-state index contributed by atoms with van der Waals surface area (Å²) >= 11 is 0. The largest absolute Gasteiger partial charge is 0.496 e. The minimum atomic E-state index is 0.178. The first-order valence-electron chi connectivity index (χ1n) is 7.02. The summed E-state index contributed by atoms with van der Waals surface area (Å²) in [4.78, 5) is 0. The molecule has 1 saturated carbocycles. The molecule has 100 valence electrons. The van der Waals surface area contributed by atoms with Gasteiger partial charge in [0, 0.05) is 6.04 Å². The van der Waals surface area contributed by atoms with Gasteiger partial charge >= 0.3 is 0 Å². The van der Waals surface area contributed by atoms with E-state index in [2.05, 4.69) is 26.0 Å². The Morgan fingerprint density at radius 2 is 1.89 bits per heavy atom. The van der Waals surface area contributed by atoms with Gasteiger partial charge in [0.2, 0.25) is 0 Å². The van der Waals surface area contributed by atoms with E-state index in [4.69, 9.17) is 10.5 Å². The lowest BCUT2D eigenvalue weighted by Gasteiger charge is -2.20. The Morgan fingerprint density at radius 3 is 2.50 bits per heavy atom. The molecule has 1 aromatic rings.